The molecular formula is C30H37NO4. The van der Waals surface area contributed by atoms with E-state index in [2.05, 4.69) is 26.8 Å². The van der Waals surface area contributed by atoms with Gasteiger partial charge in [0.1, 0.15) is 0 Å². The number of rotatable bonds is 3. The lowest BCUT2D eigenvalue weighted by Crippen LogP contribution is -2.65. The molecule has 186 valence electrons. The van der Waals surface area contributed by atoms with Gasteiger partial charge in [-0.15, -0.1) is 0 Å². The second-order valence-corrected chi connectivity index (χ2v) is 12.8. The summed E-state index contributed by atoms with van der Waals surface area (Å²) in [5.41, 5.74) is 0.789. The Morgan fingerprint density at radius 1 is 1.03 bits per heavy atom. The minimum absolute atomic E-state index is 0.0356. The van der Waals surface area contributed by atoms with Crippen molar-refractivity contribution >= 4 is 23.5 Å². The van der Waals surface area contributed by atoms with Crippen LogP contribution < -0.4 is 4.90 Å². The van der Waals surface area contributed by atoms with Gasteiger partial charge in [0.05, 0.1) is 22.9 Å². The van der Waals surface area contributed by atoms with Gasteiger partial charge in [-0.1, -0.05) is 57.0 Å². The third-order valence-corrected chi connectivity index (χ3v) is 11.2. The van der Waals surface area contributed by atoms with Crippen molar-refractivity contribution in [1.82, 2.24) is 0 Å². The molecular weight excluding hydrogens is 438 g/mol. The Balaban J connectivity index is 1.50. The Morgan fingerprint density at radius 2 is 1.74 bits per heavy atom. The summed E-state index contributed by atoms with van der Waals surface area (Å²) >= 11 is 0. The first kappa shape index (κ1) is 23.0. The van der Waals surface area contributed by atoms with Crippen molar-refractivity contribution < 1.29 is 19.5 Å². The highest BCUT2D eigenvalue weighted by Gasteiger charge is 2.73. The van der Waals surface area contributed by atoms with Crippen LogP contribution in [-0.4, -0.2) is 22.9 Å². The first-order valence-electron chi connectivity index (χ1n) is 13.4. The second-order valence-electron chi connectivity index (χ2n) is 12.8. The van der Waals surface area contributed by atoms with Crippen LogP contribution in [0.2, 0.25) is 0 Å². The number of carboxylic acids is 1. The van der Waals surface area contributed by atoms with Crippen LogP contribution >= 0.6 is 0 Å². The number of carboxylic acid groups (broad SMARTS) is 1. The molecule has 1 aliphatic heterocycles. The quantitative estimate of drug-likeness (QED) is 0.449. The summed E-state index contributed by atoms with van der Waals surface area (Å²) in [6, 6.07) is 9.39. The average Bonchev–Trinajstić information content (AvgIpc) is 3.11. The van der Waals surface area contributed by atoms with Crippen molar-refractivity contribution in [2.45, 2.75) is 66.2 Å². The maximum atomic E-state index is 14.1. The van der Waals surface area contributed by atoms with Gasteiger partial charge < -0.3 is 5.11 Å². The average molecular weight is 476 g/mol. The molecule has 2 amide bonds. The third-order valence-electron chi connectivity index (χ3n) is 11.2. The number of hydrogen-bond acceptors (Lipinski definition) is 3. The largest absolute Gasteiger partial charge is 0.481 e. The maximum absolute atomic E-state index is 14.1. The molecule has 1 spiro atoms. The van der Waals surface area contributed by atoms with E-state index in [0.717, 1.165) is 38.5 Å². The number of nitrogens with zero attached hydrogens (tertiary/aromatic N) is 1. The van der Waals surface area contributed by atoms with Crippen LogP contribution in [0.25, 0.3) is 0 Å². The van der Waals surface area contributed by atoms with Crippen LogP contribution in [0, 0.1) is 51.8 Å². The molecule has 0 radical (unpaired) electrons. The molecule has 1 saturated heterocycles. The number of carbonyl (C=O) groups is 3. The van der Waals surface area contributed by atoms with Crippen molar-refractivity contribution in [3.8, 4) is 0 Å². The van der Waals surface area contributed by atoms with Gasteiger partial charge in [0.25, 0.3) is 0 Å². The number of hydrogen-bond donors (Lipinski definition) is 1. The van der Waals surface area contributed by atoms with Crippen molar-refractivity contribution in [1.29, 1.82) is 0 Å². The van der Waals surface area contributed by atoms with E-state index in [1.54, 1.807) is 0 Å². The lowest BCUT2D eigenvalue weighted by atomic mass is 9.34. The van der Waals surface area contributed by atoms with E-state index >= 15 is 0 Å². The summed E-state index contributed by atoms with van der Waals surface area (Å²) in [5, 5.41) is 10.3. The van der Waals surface area contributed by atoms with Crippen LogP contribution in [-0.2, 0) is 14.4 Å². The topological polar surface area (TPSA) is 74.7 Å². The zero-order valence-electron chi connectivity index (χ0n) is 21.3. The SMILES string of the molecule is CC(C)C1=C[C@@]23CC[C@H]4[C@@](C)(CCC[C@]4(C)C(=O)O)[C@@H]2C[C@@H]1[C@@H]1C(=O)N(c2ccccc2)C(=O)[C@@H]13. The molecule has 0 unspecified atom stereocenters. The van der Waals surface area contributed by atoms with Gasteiger partial charge in [0, 0.05) is 5.41 Å². The molecule has 4 fully saturated rings. The van der Waals surface area contributed by atoms with Gasteiger partial charge in [0.2, 0.25) is 11.8 Å². The summed E-state index contributed by atoms with van der Waals surface area (Å²) in [4.78, 5) is 42.0. The van der Waals surface area contributed by atoms with Crippen LogP contribution in [0.3, 0.4) is 0 Å². The summed E-state index contributed by atoms with van der Waals surface area (Å²) in [6.45, 7) is 8.69. The maximum Gasteiger partial charge on any atom is 0.309 e. The van der Waals surface area contributed by atoms with Gasteiger partial charge >= 0.3 is 5.97 Å². The standard InChI is InChI=1S/C30H37NO4/c1-17(2)20-16-30-14-11-21-28(3,12-8-13-29(21,4)27(34)35)22(30)15-19(20)23-24(30)26(33)31(25(23)32)18-9-6-5-7-10-18/h5-7,9-10,16-17,19,21-24H,8,11-15H2,1-4H3,(H,34,35)/t19-,21-,22-,23-,24+,28+,29-,30-/m0/s1. The number of fused-ring (bicyclic) bond motifs is 1. The Hall–Kier alpha value is -2.43. The first-order chi connectivity index (χ1) is 16.6. The number of allylic oxidation sites excluding steroid dienone is 2. The zero-order chi connectivity index (χ0) is 24.9. The number of benzene rings is 1. The molecule has 3 saturated carbocycles. The fourth-order valence-electron chi connectivity index (χ4n) is 9.79. The monoisotopic (exact) mass is 475 g/mol. The van der Waals surface area contributed by atoms with E-state index in [9.17, 15) is 19.5 Å². The Labute approximate surface area is 208 Å². The first-order valence-corrected chi connectivity index (χ1v) is 13.4. The molecule has 7 rings (SSSR count). The molecule has 5 heteroatoms. The number of anilines is 1. The van der Waals surface area contributed by atoms with Gasteiger partial charge in [-0.3, -0.25) is 19.3 Å². The third kappa shape index (κ3) is 2.73. The van der Waals surface area contributed by atoms with Crippen molar-refractivity contribution in [2.75, 3.05) is 4.90 Å². The molecule has 1 aromatic carbocycles. The van der Waals surface area contributed by atoms with E-state index < -0.39 is 11.4 Å². The van der Waals surface area contributed by atoms with Crippen LogP contribution in [0.15, 0.2) is 42.0 Å². The number of para-hydroxylation sites is 1. The highest BCUT2D eigenvalue weighted by Crippen LogP contribution is 2.74. The summed E-state index contributed by atoms with van der Waals surface area (Å²) in [7, 11) is 0. The van der Waals surface area contributed by atoms with Crippen LogP contribution in [0.5, 0.6) is 0 Å². The number of carbonyl (C=O) groups excluding carboxylic acids is 2. The molecule has 1 N–H and O–H groups in total. The van der Waals surface area contributed by atoms with E-state index in [0.29, 0.717) is 11.6 Å². The summed E-state index contributed by atoms with van der Waals surface area (Å²) in [6.07, 6.45) is 7.58. The molecule has 8 atom stereocenters. The number of aliphatic carboxylic acids is 1. The molecule has 5 aliphatic carbocycles. The zero-order valence-corrected chi connectivity index (χ0v) is 21.3. The molecule has 5 nitrogen and oxygen atoms in total. The summed E-state index contributed by atoms with van der Waals surface area (Å²) < 4.78 is 0. The Kier molecular flexibility index (Phi) is 4.80. The Bertz CT molecular complexity index is 1140. The van der Waals surface area contributed by atoms with Crippen molar-refractivity contribution in [3.63, 3.8) is 0 Å². The van der Waals surface area contributed by atoms with Gasteiger partial charge in [-0.05, 0) is 80.2 Å². The molecule has 6 aliphatic rings. The van der Waals surface area contributed by atoms with E-state index in [1.807, 2.05) is 37.3 Å². The molecule has 35 heavy (non-hydrogen) atoms. The van der Waals surface area contributed by atoms with Gasteiger partial charge in [0.15, 0.2) is 0 Å². The van der Waals surface area contributed by atoms with E-state index in [-0.39, 0.29) is 52.2 Å². The number of amides is 2. The van der Waals surface area contributed by atoms with Gasteiger partial charge in [-0.25, -0.2) is 0 Å². The minimum Gasteiger partial charge on any atom is -0.481 e. The van der Waals surface area contributed by atoms with Crippen molar-refractivity contribution in [3.05, 3.63) is 42.0 Å². The van der Waals surface area contributed by atoms with Crippen LogP contribution in [0.1, 0.15) is 66.2 Å². The van der Waals surface area contributed by atoms with Crippen molar-refractivity contribution in [2.24, 2.45) is 51.8 Å². The lowest BCUT2D eigenvalue weighted by molar-refractivity contribution is -0.194. The highest BCUT2D eigenvalue weighted by molar-refractivity contribution is 6.22. The van der Waals surface area contributed by atoms with Gasteiger partial charge in [-0.2, -0.15) is 0 Å². The second kappa shape index (κ2) is 7.30. The highest BCUT2D eigenvalue weighted by atomic mass is 16.4. The molecule has 1 heterocycles. The molecule has 2 bridgehead atoms. The summed E-state index contributed by atoms with van der Waals surface area (Å²) in [5.74, 6) is -0.668. The number of imide groups is 1. The normalized spacial score (nSPS) is 44.1. The fraction of sp³-hybridized carbons (Fsp3) is 0.633. The van der Waals surface area contributed by atoms with E-state index in [1.165, 1.54) is 10.5 Å². The predicted octanol–water partition coefficient (Wildman–Crippen LogP) is 5.70. The fourth-order valence-corrected chi connectivity index (χ4v) is 9.79. The minimum atomic E-state index is -0.721. The smallest absolute Gasteiger partial charge is 0.309 e. The van der Waals surface area contributed by atoms with E-state index in [4.69, 9.17) is 0 Å². The lowest BCUT2D eigenvalue weighted by Gasteiger charge is -2.68. The predicted molar refractivity (Wildman–Crippen MR) is 133 cm³/mol. The molecule has 1 aromatic rings. The molecule has 0 aromatic heterocycles. The van der Waals surface area contributed by atoms with Crippen LogP contribution in [0.4, 0.5) is 5.69 Å². The Morgan fingerprint density at radius 3 is 2.40 bits per heavy atom.